The van der Waals surface area contributed by atoms with Crippen LogP contribution in [-0.4, -0.2) is 9.97 Å². The second-order valence-electron chi connectivity index (χ2n) is 3.16. The molecule has 3 nitrogen and oxygen atoms in total. The zero-order chi connectivity index (χ0) is 11.5. The van der Waals surface area contributed by atoms with Crippen LogP contribution in [0.25, 0.3) is 0 Å². The summed E-state index contributed by atoms with van der Waals surface area (Å²) in [5.74, 6) is 0.149. The summed E-state index contributed by atoms with van der Waals surface area (Å²) in [7, 11) is 0. The Morgan fingerprint density at radius 2 is 2.12 bits per heavy atom. The molecule has 0 saturated heterocycles. The van der Waals surface area contributed by atoms with Gasteiger partial charge in [0.15, 0.2) is 0 Å². The van der Waals surface area contributed by atoms with E-state index in [2.05, 4.69) is 25.9 Å². The van der Waals surface area contributed by atoms with E-state index in [0.29, 0.717) is 10.2 Å². The van der Waals surface area contributed by atoms with E-state index in [1.165, 1.54) is 18.2 Å². The van der Waals surface area contributed by atoms with Crippen LogP contribution in [0.2, 0.25) is 0 Å². The molecule has 0 amide bonds. The van der Waals surface area contributed by atoms with Gasteiger partial charge in [0.2, 0.25) is 0 Å². The van der Waals surface area contributed by atoms with Gasteiger partial charge in [-0.3, -0.25) is 0 Å². The van der Waals surface area contributed by atoms with E-state index >= 15 is 0 Å². The number of aromatic nitrogens is 2. The number of hydrogen-bond donors (Lipinski definition) is 0. The van der Waals surface area contributed by atoms with Crippen molar-refractivity contribution < 1.29 is 9.13 Å². The first-order valence-electron chi connectivity index (χ1n) is 4.58. The van der Waals surface area contributed by atoms with E-state index in [4.69, 9.17) is 4.74 Å². The second-order valence-corrected chi connectivity index (χ2v) is 4.01. The normalized spacial score (nSPS) is 10.2. The molecule has 0 bridgehead atoms. The first kappa shape index (κ1) is 11.0. The van der Waals surface area contributed by atoms with Crippen molar-refractivity contribution in [1.82, 2.24) is 9.97 Å². The lowest BCUT2D eigenvalue weighted by atomic mass is 10.3. The van der Waals surface area contributed by atoms with Crippen LogP contribution in [-0.2, 0) is 0 Å². The zero-order valence-electron chi connectivity index (χ0n) is 8.45. The summed E-state index contributed by atoms with van der Waals surface area (Å²) in [6, 6.07) is 6.38. The lowest BCUT2D eigenvalue weighted by Crippen LogP contribution is -1.93. The van der Waals surface area contributed by atoms with Crippen LogP contribution in [0, 0.1) is 12.7 Å². The van der Waals surface area contributed by atoms with E-state index in [0.717, 1.165) is 5.69 Å². The minimum absolute atomic E-state index is 0.249. The molecule has 5 heteroatoms. The van der Waals surface area contributed by atoms with Crippen LogP contribution >= 0.6 is 15.9 Å². The summed E-state index contributed by atoms with van der Waals surface area (Å²) in [6.45, 7) is 1.84. The van der Waals surface area contributed by atoms with Gasteiger partial charge >= 0.3 is 6.01 Å². The highest BCUT2D eigenvalue weighted by atomic mass is 79.9. The summed E-state index contributed by atoms with van der Waals surface area (Å²) < 4.78 is 18.7. The Hall–Kier alpha value is -1.49. The van der Waals surface area contributed by atoms with Gasteiger partial charge in [-0.15, -0.1) is 0 Å². The van der Waals surface area contributed by atoms with E-state index in [1.54, 1.807) is 12.3 Å². The van der Waals surface area contributed by atoms with E-state index in [-0.39, 0.29) is 11.8 Å². The monoisotopic (exact) mass is 282 g/mol. The van der Waals surface area contributed by atoms with Gasteiger partial charge in [-0.1, -0.05) is 0 Å². The van der Waals surface area contributed by atoms with Gasteiger partial charge in [-0.2, -0.15) is 0 Å². The maximum Gasteiger partial charge on any atom is 0.322 e. The van der Waals surface area contributed by atoms with Crippen LogP contribution in [0.1, 0.15) is 5.69 Å². The Kier molecular flexibility index (Phi) is 3.14. The topological polar surface area (TPSA) is 35.0 Å². The molecule has 0 spiro atoms. The quantitative estimate of drug-likeness (QED) is 0.846. The molecule has 82 valence electrons. The van der Waals surface area contributed by atoms with E-state index in [9.17, 15) is 4.39 Å². The molecule has 0 radical (unpaired) electrons. The lowest BCUT2D eigenvalue weighted by molar-refractivity contribution is 0.438. The first-order chi connectivity index (χ1) is 7.65. The van der Waals surface area contributed by atoms with Crippen LogP contribution in [0.4, 0.5) is 4.39 Å². The number of ether oxygens (including phenoxy) is 1. The average Bonchev–Trinajstić information content (AvgIpc) is 2.24. The van der Waals surface area contributed by atoms with Gasteiger partial charge in [0.1, 0.15) is 11.6 Å². The second kappa shape index (κ2) is 4.57. The van der Waals surface area contributed by atoms with Crippen LogP contribution in [0.15, 0.2) is 34.9 Å². The summed E-state index contributed by atoms with van der Waals surface area (Å²) in [4.78, 5) is 8.02. The summed E-state index contributed by atoms with van der Waals surface area (Å²) in [5.41, 5.74) is 0.811. The molecule has 0 fully saturated rings. The molecule has 1 aromatic heterocycles. The molecule has 0 saturated carbocycles. The Balaban J connectivity index is 2.24. The van der Waals surface area contributed by atoms with Crippen molar-refractivity contribution in [2.24, 2.45) is 0 Å². The van der Waals surface area contributed by atoms with Crippen molar-refractivity contribution in [2.45, 2.75) is 6.92 Å². The first-order valence-corrected chi connectivity index (χ1v) is 5.37. The SMILES string of the molecule is Cc1ccnc(Oc2ccc(F)c(Br)c2)n1. The number of rotatable bonds is 2. The highest BCUT2D eigenvalue weighted by molar-refractivity contribution is 9.10. The molecule has 0 atom stereocenters. The number of benzene rings is 1. The standard InChI is InChI=1S/C11H8BrFN2O/c1-7-4-5-14-11(15-7)16-8-2-3-10(13)9(12)6-8/h2-6H,1H3. The molecular formula is C11H8BrFN2O. The maximum absolute atomic E-state index is 13.0. The third kappa shape index (κ3) is 2.55. The molecule has 16 heavy (non-hydrogen) atoms. The predicted molar refractivity (Wildman–Crippen MR) is 60.9 cm³/mol. The minimum atomic E-state index is -0.336. The highest BCUT2D eigenvalue weighted by Gasteiger charge is 2.04. The van der Waals surface area contributed by atoms with Crippen LogP contribution < -0.4 is 4.74 Å². The van der Waals surface area contributed by atoms with Crippen LogP contribution in [0.5, 0.6) is 11.8 Å². The molecule has 1 aromatic carbocycles. The van der Waals surface area contributed by atoms with Gasteiger partial charge in [-0.25, -0.2) is 14.4 Å². The molecule has 2 aromatic rings. The largest absolute Gasteiger partial charge is 0.424 e. The Morgan fingerprint density at radius 1 is 1.31 bits per heavy atom. The third-order valence-electron chi connectivity index (χ3n) is 1.87. The summed E-state index contributed by atoms with van der Waals surface area (Å²) >= 11 is 3.08. The predicted octanol–water partition coefficient (Wildman–Crippen LogP) is 3.48. The number of aryl methyl sites for hydroxylation is 1. The van der Waals surface area contributed by atoms with Crippen molar-refractivity contribution in [3.63, 3.8) is 0 Å². The minimum Gasteiger partial charge on any atom is -0.424 e. The highest BCUT2D eigenvalue weighted by Crippen LogP contribution is 2.24. The van der Waals surface area contributed by atoms with Crippen molar-refractivity contribution in [3.8, 4) is 11.8 Å². The Morgan fingerprint density at radius 3 is 2.81 bits per heavy atom. The Labute approximate surface area is 100 Å². The zero-order valence-corrected chi connectivity index (χ0v) is 10.0. The molecular weight excluding hydrogens is 275 g/mol. The van der Waals surface area contributed by atoms with E-state index in [1.807, 2.05) is 6.92 Å². The van der Waals surface area contributed by atoms with Gasteiger partial charge in [0, 0.05) is 11.9 Å². The smallest absolute Gasteiger partial charge is 0.322 e. The molecule has 2 rings (SSSR count). The fourth-order valence-electron chi connectivity index (χ4n) is 1.12. The van der Waals surface area contributed by atoms with Gasteiger partial charge in [0.05, 0.1) is 4.47 Å². The number of hydrogen-bond acceptors (Lipinski definition) is 3. The molecule has 0 aliphatic heterocycles. The Bertz CT molecular complexity index is 519. The van der Waals surface area contributed by atoms with Crippen LogP contribution in [0.3, 0.4) is 0 Å². The van der Waals surface area contributed by atoms with Crippen molar-refractivity contribution in [1.29, 1.82) is 0 Å². The summed E-state index contributed by atoms with van der Waals surface area (Å²) in [5, 5.41) is 0. The molecule has 0 unspecified atom stereocenters. The fourth-order valence-corrected chi connectivity index (χ4v) is 1.48. The fraction of sp³-hybridized carbons (Fsp3) is 0.0909. The molecule has 0 N–H and O–H groups in total. The van der Waals surface area contributed by atoms with Crippen molar-refractivity contribution in [3.05, 3.63) is 46.4 Å². The molecule has 1 heterocycles. The number of halogens is 2. The maximum atomic E-state index is 13.0. The van der Waals surface area contributed by atoms with Gasteiger partial charge in [-0.05, 0) is 47.1 Å². The summed E-state index contributed by atoms with van der Waals surface area (Å²) in [6.07, 6.45) is 1.61. The molecule has 0 aliphatic rings. The van der Waals surface area contributed by atoms with Crippen molar-refractivity contribution >= 4 is 15.9 Å². The van der Waals surface area contributed by atoms with Crippen molar-refractivity contribution in [2.75, 3.05) is 0 Å². The third-order valence-corrected chi connectivity index (χ3v) is 2.48. The number of nitrogens with zero attached hydrogens (tertiary/aromatic N) is 2. The average molecular weight is 283 g/mol. The molecule has 0 aliphatic carbocycles. The van der Waals surface area contributed by atoms with Gasteiger partial charge in [0.25, 0.3) is 0 Å². The lowest BCUT2D eigenvalue weighted by Gasteiger charge is -2.04. The van der Waals surface area contributed by atoms with E-state index < -0.39 is 0 Å². The van der Waals surface area contributed by atoms with Gasteiger partial charge < -0.3 is 4.74 Å².